The van der Waals surface area contributed by atoms with Gasteiger partial charge >= 0.3 is 0 Å². The topological polar surface area (TPSA) is 80.1 Å². The minimum Gasteiger partial charge on any atom is -0.355 e. The van der Waals surface area contributed by atoms with Gasteiger partial charge in [0.2, 0.25) is 0 Å². The number of piperidine rings is 1. The molecular formula is C18H23N5O2. The number of nitrogens with one attached hydrogen (secondary N) is 1. The number of nitrogens with zero attached hydrogens (tertiary/aromatic N) is 4. The van der Waals surface area contributed by atoms with Gasteiger partial charge in [-0.15, -0.1) is 0 Å². The summed E-state index contributed by atoms with van der Waals surface area (Å²) >= 11 is 0. The quantitative estimate of drug-likeness (QED) is 0.922. The van der Waals surface area contributed by atoms with Crippen LogP contribution in [0.25, 0.3) is 0 Å². The van der Waals surface area contributed by atoms with Gasteiger partial charge in [-0.05, 0) is 44.9 Å². The highest BCUT2D eigenvalue weighted by Crippen LogP contribution is 2.23. The Bertz CT molecular complexity index is 799. The standard InChI is InChI=1S/C18H23N5O2/c1-12-20-13(2)23(21-12)16-8-5-9-22(11-16)18(25)15-7-4-6-14(10-15)17(24)19-3/h4,6-7,10,16H,5,8-9,11H2,1-3H3,(H,19,24)/t16-/m1/s1. The van der Waals surface area contributed by atoms with E-state index in [2.05, 4.69) is 15.4 Å². The van der Waals surface area contributed by atoms with Crippen LogP contribution in [0.4, 0.5) is 0 Å². The summed E-state index contributed by atoms with van der Waals surface area (Å²) in [4.78, 5) is 30.9. The number of hydrogen-bond acceptors (Lipinski definition) is 4. The molecule has 1 atom stereocenters. The van der Waals surface area contributed by atoms with Crippen molar-refractivity contribution >= 4 is 11.8 Å². The van der Waals surface area contributed by atoms with E-state index in [4.69, 9.17) is 0 Å². The van der Waals surface area contributed by atoms with Crippen molar-refractivity contribution in [1.29, 1.82) is 0 Å². The molecule has 3 rings (SSSR count). The van der Waals surface area contributed by atoms with Crippen molar-refractivity contribution in [2.24, 2.45) is 0 Å². The maximum absolute atomic E-state index is 12.9. The van der Waals surface area contributed by atoms with Gasteiger partial charge in [0.25, 0.3) is 11.8 Å². The van der Waals surface area contributed by atoms with E-state index in [0.717, 1.165) is 24.5 Å². The van der Waals surface area contributed by atoms with Crippen LogP contribution in [-0.2, 0) is 0 Å². The van der Waals surface area contributed by atoms with Gasteiger partial charge in [-0.25, -0.2) is 9.67 Å². The Labute approximate surface area is 147 Å². The summed E-state index contributed by atoms with van der Waals surface area (Å²) in [6, 6.07) is 6.99. The van der Waals surface area contributed by atoms with Crippen LogP contribution in [0.2, 0.25) is 0 Å². The largest absolute Gasteiger partial charge is 0.355 e. The molecule has 7 heteroatoms. The molecule has 25 heavy (non-hydrogen) atoms. The van der Waals surface area contributed by atoms with E-state index in [1.165, 1.54) is 0 Å². The Hall–Kier alpha value is -2.70. The smallest absolute Gasteiger partial charge is 0.253 e. The van der Waals surface area contributed by atoms with Crippen LogP contribution in [-0.4, -0.2) is 51.6 Å². The molecule has 1 N–H and O–H groups in total. The molecule has 7 nitrogen and oxygen atoms in total. The average molecular weight is 341 g/mol. The minimum atomic E-state index is -0.195. The van der Waals surface area contributed by atoms with E-state index in [1.54, 1.807) is 31.3 Å². The zero-order valence-electron chi connectivity index (χ0n) is 14.8. The fraction of sp³-hybridized carbons (Fsp3) is 0.444. The Morgan fingerprint density at radius 3 is 2.68 bits per heavy atom. The second-order valence-corrected chi connectivity index (χ2v) is 6.36. The highest BCUT2D eigenvalue weighted by atomic mass is 16.2. The molecule has 2 aromatic rings. The van der Waals surface area contributed by atoms with Crippen LogP contribution >= 0.6 is 0 Å². The number of amides is 2. The summed E-state index contributed by atoms with van der Waals surface area (Å²) in [5.41, 5.74) is 1.03. The summed E-state index contributed by atoms with van der Waals surface area (Å²) in [5.74, 6) is 1.38. The molecule has 132 valence electrons. The summed E-state index contributed by atoms with van der Waals surface area (Å²) < 4.78 is 1.93. The van der Waals surface area contributed by atoms with Gasteiger partial charge in [0.15, 0.2) is 0 Å². The monoisotopic (exact) mass is 341 g/mol. The Morgan fingerprint density at radius 1 is 1.24 bits per heavy atom. The predicted molar refractivity (Wildman–Crippen MR) is 93.5 cm³/mol. The molecule has 1 saturated heterocycles. The first kappa shape index (κ1) is 17.1. The molecule has 2 heterocycles. The molecule has 0 radical (unpaired) electrons. The number of hydrogen-bond donors (Lipinski definition) is 1. The summed E-state index contributed by atoms with van der Waals surface area (Å²) in [7, 11) is 1.58. The number of aryl methyl sites for hydroxylation is 2. The van der Waals surface area contributed by atoms with Crippen molar-refractivity contribution < 1.29 is 9.59 Å². The lowest BCUT2D eigenvalue weighted by atomic mass is 10.0. The molecule has 1 aromatic heterocycles. The molecular weight excluding hydrogens is 318 g/mol. The van der Waals surface area contributed by atoms with E-state index in [0.29, 0.717) is 24.2 Å². The van der Waals surface area contributed by atoms with Crippen molar-refractivity contribution in [2.45, 2.75) is 32.7 Å². The highest BCUT2D eigenvalue weighted by Gasteiger charge is 2.27. The van der Waals surface area contributed by atoms with Crippen LogP contribution in [0.1, 0.15) is 51.2 Å². The van der Waals surface area contributed by atoms with Crippen LogP contribution in [0.15, 0.2) is 24.3 Å². The number of carbonyl (C=O) groups is 2. The van der Waals surface area contributed by atoms with E-state index >= 15 is 0 Å². The zero-order chi connectivity index (χ0) is 18.0. The van der Waals surface area contributed by atoms with Crippen molar-refractivity contribution in [3.05, 3.63) is 47.0 Å². The Kier molecular flexibility index (Phi) is 4.83. The summed E-state index contributed by atoms with van der Waals surface area (Å²) in [6.07, 6.45) is 1.90. The third kappa shape index (κ3) is 3.55. The van der Waals surface area contributed by atoms with Crippen LogP contribution < -0.4 is 5.32 Å². The summed E-state index contributed by atoms with van der Waals surface area (Å²) in [6.45, 7) is 5.13. The van der Waals surface area contributed by atoms with E-state index < -0.39 is 0 Å². The van der Waals surface area contributed by atoms with E-state index in [-0.39, 0.29) is 17.9 Å². The number of rotatable bonds is 3. The zero-order valence-corrected chi connectivity index (χ0v) is 14.8. The van der Waals surface area contributed by atoms with E-state index in [1.807, 2.05) is 23.4 Å². The lowest BCUT2D eigenvalue weighted by molar-refractivity contribution is 0.0671. The highest BCUT2D eigenvalue weighted by molar-refractivity contribution is 5.99. The van der Waals surface area contributed by atoms with Crippen LogP contribution in [0.5, 0.6) is 0 Å². The second kappa shape index (κ2) is 7.04. The lowest BCUT2D eigenvalue weighted by Gasteiger charge is -2.33. The van der Waals surface area contributed by atoms with Crippen molar-refractivity contribution in [2.75, 3.05) is 20.1 Å². The maximum atomic E-state index is 12.9. The van der Waals surface area contributed by atoms with Crippen molar-refractivity contribution in [3.8, 4) is 0 Å². The summed E-state index contributed by atoms with van der Waals surface area (Å²) in [5, 5.41) is 7.05. The van der Waals surface area contributed by atoms with Gasteiger partial charge in [-0.2, -0.15) is 5.10 Å². The average Bonchev–Trinajstić information content (AvgIpc) is 2.98. The minimum absolute atomic E-state index is 0.0510. The molecule has 1 aromatic carbocycles. The Balaban J connectivity index is 1.78. The molecule has 1 aliphatic rings. The number of aromatic nitrogens is 3. The maximum Gasteiger partial charge on any atom is 0.253 e. The van der Waals surface area contributed by atoms with Crippen molar-refractivity contribution in [1.82, 2.24) is 25.0 Å². The van der Waals surface area contributed by atoms with Gasteiger partial charge in [-0.3, -0.25) is 9.59 Å². The second-order valence-electron chi connectivity index (χ2n) is 6.36. The predicted octanol–water partition coefficient (Wildman–Crippen LogP) is 1.73. The van der Waals surface area contributed by atoms with E-state index in [9.17, 15) is 9.59 Å². The molecule has 0 unspecified atom stereocenters. The number of carbonyl (C=O) groups excluding carboxylic acids is 2. The third-order valence-electron chi connectivity index (χ3n) is 4.54. The van der Waals surface area contributed by atoms with Gasteiger partial charge in [-0.1, -0.05) is 6.07 Å². The lowest BCUT2D eigenvalue weighted by Crippen LogP contribution is -2.41. The first-order valence-corrected chi connectivity index (χ1v) is 8.50. The van der Waals surface area contributed by atoms with Crippen LogP contribution in [0.3, 0.4) is 0 Å². The number of benzene rings is 1. The van der Waals surface area contributed by atoms with Gasteiger partial charge in [0.1, 0.15) is 11.6 Å². The molecule has 1 fully saturated rings. The Morgan fingerprint density at radius 2 is 2.00 bits per heavy atom. The molecule has 0 saturated carbocycles. The molecule has 0 aliphatic carbocycles. The molecule has 0 spiro atoms. The fourth-order valence-electron chi connectivity index (χ4n) is 3.34. The first-order valence-electron chi connectivity index (χ1n) is 8.50. The molecule has 0 bridgehead atoms. The van der Waals surface area contributed by atoms with Crippen LogP contribution in [0, 0.1) is 13.8 Å². The van der Waals surface area contributed by atoms with Gasteiger partial charge in [0.05, 0.1) is 6.04 Å². The SMILES string of the molecule is CNC(=O)c1cccc(C(=O)N2CCC[C@@H](n3nc(C)nc3C)C2)c1. The normalized spacial score (nSPS) is 17.4. The number of likely N-dealkylation sites (tertiary alicyclic amines) is 1. The fourth-order valence-corrected chi connectivity index (χ4v) is 3.34. The first-order chi connectivity index (χ1) is 12.0. The third-order valence-corrected chi connectivity index (χ3v) is 4.54. The van der Waals surface area contributed by atoms with Gasteiger partial charge < -0.3 is 10.2 Å². The molecule has 2 amide bonds. The van der Waals surface area contributed by atoms with Crippen molar-refractivity contribution in [3.63, 3.8) is 0 Å². The van der Waals surface area contributed by atoms with Gasteiger partial charge in [0, 0.05) is 31.3 Å². The molecule has 1 aliphatic heterocycles.